The Hall–Kier alpha value is -3.22. The Kier molecular flexibility index (Phi) is 6.22. The van der Waals surface area contributed by atoms with Gasteiger partial charge >= 0.3 is 5.97 Å². The van der Waals surface area contributed by atoms with Crippen molar-refractivity contribution in [3.05, 3.63) is 59.9 Å². The van der Waals surface area contributed by atoms with Gasteiger partial charge in [0.2, 0.25) is 5.91 Å². The maximum Gasteiger partial charge on any atom is 0.310 e. The number of nitrogens with one attached hydrogen (secondary N) is 2. The van der Waals surface area contributed by atoms with Crippen molar-refractivity contribution in [2.45, 2.75) is 13.3 Å². The third-order valence-corrected chi connectivity index (χ3v) is 3.09. The van der Waals surface area contributed by atoms with Crippen molar-refractivity contribution in [3.63, 3.8) is 0 Å². The summed E-state index contributed by atoms with van der Waals surface area (Å²) < 4.78 is 17.7. The molecule has 0 fully saturated rings. The first-order chi connectivity index (χ1) is 11.9. The summed E-state index contributed by atoms with van der Waals surface area (Å²) in [5.74, 6) is -1.71. The zero-order valence-corrected chi connectivity index (χ0v) is 13.5. The molecule has 2 amide bonds. The molecular weight excluding hydrogens is 327 g/mol. The Morgan fingerprint density at radius 2 is 1.64 bits per heavy atom. The lowest BCUT2D eigenvalue weighted by atomic mass is 10.1. The Balaban J connectivity index is 1.81. The van der Waals surface area contributed by atoms with E-state index in [0.29, 0.717) is 16.9 Å². The minimum Gasteiger partial charge on any atom is -0.455 e. The molecular formula is C18H17FN2O4. The van der Waals surface area contributed by atoms with Crippen molar-refractivity contribution in [2.24, 2.45) is 0 Å². The number of benzene rings is 2. The molecule has 0 aliphatic carbocycles. The number of carbonyl (C=O) groups is 3. The summed E-state index contributed by atoms with van der Waals surface area (Å²) >= 11 is 0. The molecule has 0 aromatic heterocycles. The summed E-state index contributed by atoms with van der Waals surface area (Å²) in [5, 5.41) is 5.16. The highest BCUT2D eigenvalue weighted by Gasteiger charge is 2.09. The molecule has 2 aromatic rings. The number of halogens is 1. The van der Waals surface area contributed by atoms with Crippen molar-refractivity contribution < 1.29 is 23.5 Å². The summed E-state index contributed by atoms with van der Waals surface area (Å²) in [7, 11) is 0. The molecule has 0 radical (unpaired) electrons. The van der Waals surface area contributed by atoms with Gasteiger partial charge in [-0.25, -0.2) is 4.39 Å². The summed E-state index contributed by atoms with van der Waals surface area (Å²) in [5.41, 5.74) is 1.60. The van der Waals surface area contributed by atoms with Crippen LogP contribution in [-0.2, 0) is 25.5 Å². The highest BCUT2D eigenvalue weighted by atomic mass is 19.1. The second-order valence-electron chi connectivity index (χ2n) is 5.27. The Morgan fingerprint density at radius 1 is 1.00 bits per heavy atom. The van der Waals surface area contributed by atoms with Crippen LogP contribution >= 0.6 is 0 Å². The molecule has 2 N–H and O–H groups in total. The lowest BCUT2D eigenvalue weighted by Gasteiger charge is -2.08. The van der Waals surface area contributed by atoms with Gasteiger partial charge in [-0.3, -0.25) is 14.4 Å². The number of carbonyl (C=O) groups excluding carboxylic acids is 3. The molecule has 0 saturated heterocycles. The summed E-state index contributed by atoms with van der Waals surface area (Å²) in [6, 6.07) is 12.0. The molecule has 130 valence electrons. The number of anilines is 2. The molecule has 6 nitrogen and oxygen atoms in total. The van der Waals surface area contributed by atoms with Crippen molar-refractivity contribution in [3.8, 4) is 0 Å². The van der Waals surface area contributed by atoms with Crippen LogP contribution in [0.5, 0.6) is 0 Å². The normalized spacial score (nSPS) is 10.0. The van der Waals surface area contributed by atoms with E-state index in [9.17, 15) is 18.8 Å². The van der Waals surface area contributed by atoms with Gasteiger partial charge in [0, 0.05) is 18.3 Å². The van der Waals surface area contributed by atoms with Crippen LogP contribution < -0.4 is 10.6 Å². The molecule has 0 aliphatic heterocycles. The van der Waals surface area contributed by atoms with Gasteiger partial charge in [-0.15, -0.1) is 0 Å². The third kappa shape index (κ3) is 6.42. The molecule has 0 aliphatic rings. The van der Waals surface area contributed by atoms with E-state index in [1.165, 1.54) is 31.2 Å². The van der Waals surface area contributed by atoms with E-state index in [-0.39, 0.29) is 12.3 Å². The minimum absolute atomic E-state index is 0.0500. The van der Waals surface area contributed by atoms with Crippen LogP contribution in [0.1, 0.15) is 12.5 Å². The summed E-state index contributed by atoms with van der Waals surface area (Å²) in [4.78, 5) is 34.5. The highest BCUT2D eigenvalue weighted by Crippen LogP contribution is 2.15. The zero-order valence-electron chi connectivity index (χ0n) is 13.5. The monoisotopic (exact) mass is 344 g/mol. The van der Waals surface area contributed by atoms with Gasteiger partial charge in [0.25, 0.3) is 5.91 Å². The first kappa shape index (κ1) is 18.1. The average Bonchev–Trinajstić information content (AvgIpc) is 2.55. The summed E-state index contributed by atoms with van der Waals surface area (Å²) in [6.45, 7) is 0.941. The molecule has 0 unspecified atom stereocenters. The second kappa shape index (κ2) is 8.58. The molecule has 7 heteroatoms. The smallest absolute Gasteiger partial charge is 0.310 e. The number of ether oxygens (including phenoxy) is 1. The zero-order chi connectivity index (χ0) is 18.2. The highest BCUT2D eigenvalue weighted by molar-refractivity contribution is 5.94. The molecule has 0 atom stereocenters. The van der Waals surface area contributed by atoms with Crippen LogP contribution in [0, 0.1) is 5.82 Å². The van der Waals surface area contributed by atoms with Gasteiger partial charge in [-0.05, 0) is 35.9 Å². The number of hydrogen-bond acceptors (Lipinski definition) is 4. The van der Waals surface area contributed by atoms with Gasteiger partial charge in [0.05, 0.1) is 6.42 Å². The van der Waals surface area contributed by atoms with E-state index in [1.807, 2.05) is 0 Å². The second-order valence-corrected chi connectivity index (χ2v) is 5.27. The van der Waals surface area contributed by atoms with Crippen LogP contribution in [0.3, 0.4) is 0 Å². The van der Waals surface area contributed by atoms with Crippen molar-refractivity contribution in [2.75, 3.05) is 17.2 Å². The minimum atomic E-state index is -0.589. The van der Waals surface area contributed by atoms with Gasteiger partial charge in [0.1, 0.15) is 5.82 Å². The van der Waals surface area contributed by atoms with Crippen LogP contribution in [0.25, 0.3) is 0 Å². The topological polar surface area (TPSA) is 84.5 Å². The molecule has 0 bridgehead atoms. The first-order valence-electron chi connectivity index (χ1n) is 7.50. The van der Waals surface area contributed by atoms with Crippen LogP contribution in [0.15, 0.2) is 48.5 Å². The van der Waals surface area contributed by atoms with E-state index >= 15 is 0 Å². The number of hydrogen-bond donors (Lipinski definition) is 2. The van der Waals surface area contributed by atoms with E-state index < -0.39 is 24.3 Å². The largest absolute Gasteiger partial charge is 0.455 e. The number of esters is 1. The lowest BCUT2D eigenvalue weighted by Crippen LogP contribution is -2.21. The number of rotatable bonds is 6. The maximum atomic E-state index is 12.8. The average molecular weight is 344 g/mol. The SMILES string of the molecule is CC(=O)Nc1cccc(NC(=O)COC(=O)Cc2ccc(F)cc2)c1. The predicted octanol–water partition coefficient (Wildman–Crippen LogP) is 2.51. The lowest BCUT2D eigenvalue weighted by molar-refractivity contribution is -0.146. The fourth-order valence-corrected chi connectivity index (χ4v) is 2.04. The standard InChI is InChI=1S/C18H17FN2O4/c1-12(22)20-15-3-2-4-16(10-15)21-17(23)11-25-18(24)9-13-5-7-14(19)8-6-13/h2-8,10H,9,11H2,1H3,(H,20,22)(H,21,23). The van der Waals surface area contributed by atoms with Crippen molar-refractivity contribution >= 4 is 29.2 Å². The van der Waals surface area contributed by atoms with Gasteiger partial charge in [0.15, 0.2) is 6.61 Å². The predicted molar refractivity (Wildman–Crippen MR) is 90.4 cm³/mol. The first-order valence-corrected chi connectivity index (χ1v) is 7.50. The van der Waals surface area contributed by atoms with Crippen molar-refractivity contribution in [1.82, 2.24) is 0 Å². The van der Waals surface area contributed by atoms with E-state index in [2.05, 4.69) is 10.6 Å². The van der Waals surface area contributed by atoms with E-state index in [4.69, 9.17) is 4.74 Å². The molecule has 2 rings (SSSR count). The van der Waals surface area contributed by atoms with Gasteiger partial charge in [-0.2, -0.15) is 0 Å². The van der Waals surface area contributed by atoms with Crippen LogP contribution in [0.2, 0.25) is 0 Å². The van der Waals surface area contributed by atoms with E-state index in [0.717, 1.165) is 0 Å². The van der Waals surface area contributed by atoms with Crippen LogP contribution in [0.4, 0.5) is 15.8 Å². The van der Waals surface area contributed by atoms with Crippen molar-refractivity contribution in [1.29, 1.82) is 0 Å². The Labute approximate surface area is 144 Å². The summed E-state index contributed by atoms with van der Waals surface area (Å²) in [6.07, 6.45) is -0.0500. The van der Waals surface area contributed by atoms with Crippen LogP contribution in [-0.4, -0.2) is 24.4 Å². The van der Waals surface area contributed by atoms with E-state index in [1.54, 1.807) is 24.3 Å². The third-order valence-electron chi connectivity index (χ3n) is 3.09. The number of amides is 2. The van der Waals surface area contributed by atoms with Gasteiger partial charge in [-0.1, -0.05) is 18.2 Å². The molecule has 2 aromatic carbocycles. The molecule has 25 heavy (non-hydrogen) atoms. The molecule has 0 heterocycles. The quantitative estimate of drug-likeness (QED) is 0.789. The maximum absolute atomic E-state index is 12.8. The van der Waals surface area contributed by atoms with Gasteiger partial charge < -0.3 is 15.4 Å². The Morgan fingerprint density at radius 3 is 2.28 bits per heavy atom. The fraction of sp³-hybridized carbons (Fsp3) is 0.167. The molecule has 0 spiro atoms. The Bertz CT molecular complexity index is 775. The fourth-order valence-electron chi connectivity index (χ4n) is 2.04. The molecule has 0 saturated carbocycles.